The largest absolute Gasteiger partial charge is 0.474 e. The summed E-state index contributed by atoms with van der Waals surface area (Å²) in [6.07, 6.45) is 6.90. The van der Waals surface area contributed by atoms with E-state index in [9.17, 15) is 0 Å². The molecule has 128 valence electrons. The van der Waals surface area contributed by atoms with E-state index in [0.29, 0.717) is 18.6 Å². The van der Waals surface area contributed by atoms with Crippen molar-refractivity contribution in [3.05, 3.63) is 23.9 Å². The molecule has 0 saturated heterocycles. The molecule has 2 N–H and O–H groups in total. The standard InChI is InChI=1S/C18H30N4O/c1-4-19-18(21-12-14(2)3)22-13-15-8-7-11-20-17(15)23-16-9-5-6-10-16/h7-8,11,14,16H,4-6,9-10,12-13H2,1-3H3,(H2,19,21,22). The average molecular weight is 318 g/mol. The Hall–Kier alpha value is -1.78. The van der Waals surface area contributed by atoms with Crippen LogP contribution in [0.1, 0.15) is 52.0 Å². The van der Waals surface area contributed by atoms with E-state index in [1.54, 1.807) is 6.20 Å². The van der Waals surface area contributed by atoms with Crippen LogP contribution in [-0.2, 0) is 6.54 Å². The topological polar surface area (TPSA) is 58.5 Å². The van der Waals surface area contributed by atoms with E-state index in [4.69, 9.17) is 4.74 Å². The van der Waals surface area contributed by atoms with Gasteiger partial charge in [0, 0.05) is 24.8 Å². The van der Waals surface area contributed by atoms with E-state index in [1.165, 1.54) is 12.8 Å². The van der Waals surface area contributed by atoms with Gasteiger partial charge in [0.2, 0.25) is 5.88 Å². The number of aromatic nitrogens is 1. The molecule has 1 aromatic heterocycles. The van der Waals surface area contributed by atoms with Crippen molar-refractivity contribution < 1.29 is 4.74 Å². The molecular formula is C18H30N4O. The fourth-order valence-corrected chi connectivity index (χ4v) is 2.62. The molecule has 0 bridgehead atoms. The Kier molecular flexibility index (Phi) is 7.17. The van der Waals surface area contributed by atoms with Crippen LogP contribution in [0.15, 0.2) is 23.3 Å². The third-order valence-electron chi connectivity index (χ3n) is 3.86. The third-order valence-corrected chi connectivity index (χ3v) is 3.86. The lowest BCUT2D eigenvalue weighted by atomic mass is 10.2. The zero-order valence-corrected chi connectivity index (χ0v) is 14.6. The molecule has 0 unspecified atom stereocenters. The van der Waals surface area contributed by atoms with E-state index in [0.717, 1.165) is 43.3 Å². The van der Waals surface area contributed by atoms with Crippen LogP contribution in [0.5, 0.6) is 5.88 Å². The molecule has 1 aromatic rings. The smallest absolute Gasteiger partial charge is 0.218 e. The lowest BCUT2D eigenvalue weighted by Crippen LogP contribution is -2.39. The Bertz CT molecular complexity index is 496. The van der Waals surface area contributed by atoms with Gasteiger partial charge in [-0.2, -0.15) is 0 Å². The van der Waals surface area contributed by atoms with Crippen molar-refractivity contribution in [1.82, 2.24) is 15.6 Å². The minimum Gasteiger partial charge on any atom is -0.474 e. The third kappa shape index (κ3) is 6.08. The maximum Gasteiger partial charge on any atom is 0.218 e. The summed E-state index contributed by atoms with van der Waals surface area (Å²) in [5, 5.41) is 6.64. The average Bonchev–Trinajstić information content (AvgIpc) is 3.04. The summed E-state index contributed by atoms with van der Waals surface area (Å²) in [5.74, 6) is 2.17. The van der Waals surface area contributed by atoms with Crippen LogP contribution in [0.4, 0.5) is 0 Å². The molecule has 0 atom stereocenters. The second kappa shape index (κ2) is 9.38. The van der Waals surface area contributed by atoms with E-state index < -0.39 is 0 Å². The molecule has 1 fully saturated rings. The van der Waals surface area contributed by atoms with Crippen LogP contribution >= 0.6 is 0 Å². The molecule has 2 rings (SSSR count). The summed E-state index contributed by atoms with van der Waals surface area (Å²) < 4.78 is 6.08. The van der Waals surface area contributed by atoms with Crippen LogP contribution in [0.3, 0.4) is 0 Å². The zero-order chi connectivity index (χ0) is 16.5. The van der Waals surface area contributed by atoms with Crippen molar-refractivity contribution >= 4 is 5.96 Å². The molecular weight excluding hydrogens is 288 g/mol. The van der Waals surface area contributed by atoms with Gasteiger partial charge in [0.05, 0.1) is 6.54 Å². The van der Waals surface area contributed by atoms with Crippen molar-refractivity contribution in [3.8, 4) is 5.88 Å². The highest BCUT2D eigenvalue weighted by atomic mass is 16.5. The highest BCUT2D eigenvalue weighted by molar-refractivity contribution is 5.79. The number of pyridine rings is 1. The van der Waals surface area contributed by atoms with Crippen LogP contribution < -0.4 is 15.4 Å². The first kappa shape index (κ1) is 17.6. The number of nitrogens with one attached hydrogen (secondary N) is 2. The Morgan fingerprint density at radius 3 is 2.83 bits per heavy atom. The molecule has 0 spiro atoms. The lowest BCUT2D eigenvalue weighted by molar-refractivity contribution is 0.199. The molecule has 23 heavy (non-hydrogen) atoms. The molecule has 5 heteroatoms. The van der Waals surface area contributed by atoms with Gasteiger partial charge in [0.25, 0.3) is 0 Å². The number of hydrogen-bond donors (Lipinski definition) is 2. The monoisotopic (exact) mass is 318 g/mol. The highest BCUT2D eigenvalue weighted by Crippen LogP contribution is 2.25. The summed E-state index contributed by atoms with van der Waals surface area (Å²) >= 11 is 0. The van der Waals surface area contributed by atoms with Crippen molar-refractivity contribution in [2.75, 3.05) is 13.1 Å². The first-order valence-corrected chi connectivity index (χ1v) is 8.81. The Labute approximate surface area is 139 Å². The number of rotatable bonds is 7. The molecule has 0 aromatic carbocycles. The summed E-state index contributed by atoms with van der Waals surface area (Å²) in [4.78, 5) is 9.07. The van der Waals surface area contributed by atoms with Gasteiger partial charge < -0.3 is 15.4 Å². The fraction of sp³-hybridized carbons (Fsp3) is 0.667. The van der Waals surface area contributed by atoms with Gasteiger partial charge in [0.15, 0.2) is 5.96 Å². The molecule has 1 heterocycles. The number of guanidine groups is 1. The number of hydrogen-bond acceptors (Lipinski definition) is 3. The van der Waals surface area contributed by atoms with E-state index in [-0.39, 0.29) is 0 Å². The first-order chi connectivity index (χ1) is 11.2. The zero-order valence-electron chi connectivity index (χ0n) is 14.6. The molecule has 5 nitrogen and oxygen atoms in total. The maximum absolute atomic E-state index is 6.08. The van der Waals surface area contributed by atoms with Gasteiger partial charge in [-0.15, -0.1) is 0 Å². The van der Waals surface area contributed by atoms with Gasteiger partial charge in [0.1, 0.15) is 6.10 Å². The number of nitrogens with zero attached hydrogens (tertiary/aromatic N) is 2. The van der Waals surface area contributed by atoms with Crippen LogP contribution in [-0.4, -0.2) is 30.1 Å². The maximum atomic E-state index is 6.08. The van der Waals surface area contributed by atoms with E-state index in [2.05, 4.69) is 41.4 Å². The molecule has 1 aliphatic rings. The van der Waals surface area contributed by atoms with Crippen molar-refractivity contribution in [2.45, 2.75) is 59.1 Å². The van der Waals surface area contributed by atoms with Gasteiger partial charge >= 0.3 is 0 Å². The molecule has 1 saturated carbocycles. The summed E-state index contributed by atoms with van der Waals surface area (Å²) in [5.41, 5.74) is 1.04. The minimum absolute atomic E-state index is 0.319. The first-order valence-electron chi connectivity index (χ1n) is 8.81. The molecule has 0 aliphatic heterocycles. The second-order valence-electron chi connectivity index (χ2n) is 6.46. The quantitative estimate of drug-likeness (QED) is 0.599. The van der Waals surface area contributed by atoms with Crippen LogP contribution in [0.25, 0.3) is 0 Å². The summed E-state index contributed by atoms with van der Waals surface area (Å²) in [6, 6.07) is 3.99. The second-order valence-corrected chi connectivity index (χ2v) is 6.46. The van der Waals surface area contributed by atoms with Crippen molar-refractivity contribution in [1.29, 1.82) is 0 Å². The molecule has 0 radical (unpaired) electrons. The minimum atomic E-state index is 0.319. The SMILES string of the molecule is CCNC(=NCc1cccnc1OC1CCCC1)NCC(C)C. The summed E-state index contributed by atoms with van der Waals surface area (Å²) in [6.45, 7) is 8.78. The molecule has 1 aliphatic carbocycles. The van der Waals surface area contributed by atoms with E-state index in [1.807, 2.05) is 12.1 Å². The lowest BCUT2D eigenvalue weighted by Gasteiger charge is -2.15. The predicted octanol–water partition coefficient (Wildman–Crippen LogP) is 3.11. The van der Waals surface area contributed by atoms with Crippen molar-refractivity contribution in [3.63, 3.8) is 0 Å². The highest BCUT2D eigenvalue weighted by Gasteiger charge is 2.18. The van der Waals surface area contributed by atoms with Crippen LogP contribution in [0.2, 0.25) is 0 Å². The van der Waals surface area contributed by atoms with E-state index >= 15 is 0 Å². The van der Waals surface area contributed by atoms with Gasteiger partial charge in [-0.25, -0.2) is 9.98 Å². The van der Waals surface area contributed by atoms with Gasteiger partial charge in [-0.1, -0.05) is 19.9 Å². The number of ether oxygens (including phenoxy) is 1. The van der Waals surface area contributed by atoms with Gasteiger partial charge in [-0.05, 0) is 44.6 Å². The van der Waals surface area contributed by atoms with Crippen molar-refractivity contribution in [2.24, 2.45) is 10.9 Å². The Morgan fingerprint density at radius 2 is 2.13 bits per heavy atom. The summed E-state index contributed by atoms with van der Waals surface area (Å²) in [7, 11) is 0. The Morgan fingerprint density at radius 1 is 1.35 bits per heavy atom. The van der Waals surface area contributed by atoms with Gasteiger partial charge in [-0.3, -0.25) is 0 Å². The normalized spacial score (nSPS) is 15.9. The van der Waals surface area contributed by atoms with Crippen LogP contribution in [0, 0.1) is 5.92 Å². The fourth-order valence-electron chi connectivity index (χ4n) is 2.62. The Balaban J connectivity index is 2.00. The molecule has 0 amide bonds. The predicted molar refractivity (Wildman–Crippen MR) is 94.8 cm³/mol. The number of aliphatic imine (C=N–C) groups is 1.